The van der Waals surface area contributed by atoms with E-state index in [0.29, 0.717) is 0 Å². The van der Waals surface area contributed by atoms with Crippen molar-refractivity contribution in [3.05, 3.63) is 60.0 Å². The van der Waals surface area contributed by atoms with Crippen LogP contribution in [0.3, 0.4) is 0 Å². The summed E-state index contributed by atoms with van der Waals surface area (Å²) in [5.41, 5.74) is 4.76. The fraction of sp³-hybridized carbons (Fsp3) is 0.125. The summed E-state index contributed by atoms with van der Waals surface area (Å²) in [7, 11) is 0. The van der Waals surface area contributed by atoms with Gasteiger partial charge in [0.2, 0.25) is 0 Å². The number of thiazole rings is 1. The zero-order chi connectivity index (χ0) is 13.9. The molecule has 3 rings (SSSR count). The second kappa shape index (κ2) is 6.83. The number of halogens is 1. The number of nitrogens with one attached hydrogen (secondary N) is 1. The van der Waals surface area contributed by atoms with Crippen LogP contribution in [-0.4, -0.2) is 9.97 Å². The first-order chi connectivity index (χ1) is 9.72. The summed E-state index contributed by atoms with van der Waals surface area (Å²) < 4.78 is 0. The third-order valence-corrected chi connectivity index (χ3v) is 4.01. The lowest BCUT2D eigenvalue weighted by atomic mass is 10.1. The van der Waals surface area contributed by atoms with Crippen LogP contribution >= 0.6 is 28.3 Å². The molecule has 0 amide bonds. The molecule has 0 spiro atoms. The topological polar surface area (TPSA) is 37.8 Å². The zero-order valence-electron chi connectivity index (χ0n) is 11.8. The molecule has 0 unspecified atom stereocenters. The van der Waals surface area contributed by atoms with Crippen LogP contribution in [0.25, 0.3) is 10.4 Å². The molecular formula is C16H16BrN3S. The number of hydrogen-bond donors (Lipinski definition) is 1. The first-order valence-electron chi connectivity index (χ1n) is 6.43. The highest BCUT2D eigenvalue weighted by atomic mass is 79.9. The van der Waals surface area contributed by atoms with Crippen LogP contribution in [0.2, 0.25) is 0 Å². The zero-order valence-corrected chi connectivity index (χ0v) is 14.4. The van der Waals surface area contributed by atoms with Crippen LogP contribution in [0.1, 0.15) is 11.1 Å². The molecule has 0 fully saturated rings. The number of hydrogen-bond acceptors (Lipinski definition) is 4. The van der Waals surface area contributed by atoms with Gasteiger partial charge >= 0.3 is 0 Å². The number of anilines is 2. The van der Waals surface area contributed by atoms with Crippen molar-refractivity contribution in [1.82, 2.24) is 9.97 Å². The SMILES string of the molecule is Br.Cc1ccc(-c2cnc(Nc3cccnc3)s2)c(C)c1. The van der Waals surface area contributed by atoms with Crippen molar-refractivity contribution < 1.29 is 0 Å². The predicted molar refractivity (Wildman–Crippen MR) is 94.9 cm³/mol. The molecular weight excluding hydrogens is 346 g/mol. The van der Waals surface area contributed by atoms with E-state index in [-0.39, 0.29) is 17.0 Å². The molecule has 1 N–H and O–H groups in total. The molecule has 108 valence electrons. The van der Waals surface area contributed by atoms with Gasteiger partial charge in [-0.15, -0.1) is 17.0 Å². The summed E-state index contributed by atoms with van der Waals surface area (Å²) in [6, 6.07) is 10.4. The van der Waals surface area contributed by atoms with Gasteiger partial charge in [0.1, 0.15) is 0 Å². The number of pyridine rings is 1. The first kappa shape index (κ1) is 15.7. The van der Waals surface area contributed by atoms with Crippen LogP contribution in [-0.2, 0) is 0 Å². The normalized spacial score (nSPS) is 10.0. The van der Waals surface area contributed by atoms with E-state index in [1.54, 1.807) is 23.7 Å². The van der Waals surface area contributed by atoms with Crippen molar-refractivity contribution in [2.24, 2.45) is 0 Å². The van der Waals surface area contributed by atoms with Crippen molar-refractivity contribution in [3.63, 3.8) is 0 Å². The predicted octanol–water partition coefficient (Wildman–Crippen LogP) is 5.14. The van der Waals surface area contributed by atoms with Crippen LogP contribution in [0.15, 0.2) is 48.9 Å². The van der Waals surface area contributed by atoms with Gasteiger partial charge in [-0.2, -0.15) is 0 Å². The minimum Gasteiger partial charge on any atom is -0.330 e. The number of aryl methyl sites for hydroxylation is 2. The van der Waals surface area contributed by atoms with Gasteiger partial charge in [0.25, 0.3) is 0 Å². The van der Waals surface area contributed by atoms with Crippen molar-refractivity contribution >= 4 is 39.1 Å². The van der Waals surface area contributed by atoms with E-state index in [1.165, 1.54) is 21.6 Å². The molecule has 2 aromatic heterocycles. The lowest BCUT2D eigenvalue weighted by molar-refractivity contribution is 1.31. The average Bonchev–Trinajstić information content (AvgIpc) is 2.88. The van der Waals surface area contributed by atoms with E-state index in [9.17, 15) is 0 Å². The Hall–Kier alpha value is -1.72. The van der Waals surface area contributed by atoms with E-state index in [0.717, 1.165) is 10.8 Å². The monoisotopic (exact) mass is 361 g/mol. The maximum absolute atomic E-state index is 4.43. The second-order valence-corrected chi connectivity index (χ2v) is 5.75. The molecule has 3 aromatic rings. The largest absolute Gasteiger partial charge is 0.330 e. The third-order valence-electron chi connectivity index (χ3n) is 3.07. The van der Waals surface area contributed by atoms with Gasteiger partial charge in [-0.3, -0.25) is 4.98 Å². The Morgan fingerprint density at radius 3 is 2.67 bits per heavy atom. The van der Waals surface area contributed by atoms with Gasteiger partial charge in [-0.05, 0) is 37.1 Å². The number of rotatable bonds is 3. The summed E-state index contributed by atoms with van der Waals surface area (Å²) in [6.45, 7) is 4.25. The minimum absolute atomic E-state index is 0. The molecule has 0 atom stereocenters. The fourth-order valence-corrected chi connectivity index (χ4v) is 3.03. The molecule has 0 aliphatic carbocycles. The van der Waals surface area contributed by atoms with Crippen molar-refractivity contribution in [1.29, 1.82) is 0 Å². The molecule has 0 aliphatic heterocycles. The van der Waals surface area contributed by atoms with Crippen LogP contribution < -0.4 is 5.32 Å². The quantitative estimate of drug-likeness (QED) is 0.701. The Kier molecular flexibility index (Phi) is 5.09. The van der Waals surface area contributed by atoms with Gasteiger partial charge in [-0.1, -0.05) is 35.1 Å². The van der Waals surface area contributed by atoms with E-state index >= 15 is 0 Å². The van der Waals surface area contributed by atoms with Crippen LogP contribution in [0.4, 0.5) is 10.8 Å². The lowest BCUT2D eigenvalue weighted by Crippen LogP contribution is -1.88. The Morgan fingerprint density at radius 2 is 1.95 bits per heavy atom. The lowest BCUT2D eigenvalue weighted by Gasteiger charge is -2.03. The number of aromatic nitrogens is 2. The second-order valence-electron chi connectivity index (χ2n) is 4.71. The summed E-state index contributed by atoms with van der Waals surface area (Å²) >= 11 is 1.65. The Morgan fingerprint density at radius 1 is 1.10 bits per heavy atom. The standard InChI is InChI=1S/C16H15N3S.BrH/c1-11-5-6-14(12(2)8-11)15-10-18-16(20-15)19-13-4-3-7-17-9-13;/h3-10H,1-2H3,(H,18,19);1H. The van der Waals surface area contributed by atoms with Gasteiger partial charge in [0.15, 0.2) is 5.13 Å². The molecule has 21 heavy (non-hydrogen) atoms. The summed E-state index contributed by atoms with van der Waals surface area (Å²) in [6.07, 6.45) is 5.47. The van der Waals surface area contributed by atoms with E-state index < -0.39 is 0 Å². The number of nitrogens with zero attached hydrogens (tertiary/aromatic N) is 2. The Balaban J connectivity index is 0.00000161. The van der Waals surface area contributed by atoms with E-state index in [2.05, 4.69) is 47.3 Å². The molecule has 0 saturated heterocycles. The fourth-order valence-electron chi connectivity index (χ4n) is 2.11. The molecule has 0 bridgehead atoms. The summed E-state index contributed by atoms with van der Waals surface area (Å²) in [5.74, 6) is 0. The van der Waals surface area contributed by atoms with E-state index in [4.69, 9.17) is 0 Å². The first-order valence-corrected chi connectivity index (χ1v) is 7.24. The van der Waals surface area contributed by atoms with Gasteiger partial charge < -0.3 is 5.32 Å². The van der Waals surface area contributed by atoms with Crippen LogP contribution in [0.5, 0.6) is 0 Å². The Bertz CT molecular complexity index is 725. The molecule has 5 heteroatoms. The molecule has 2 heterocycles. The number of benzene rings is 1. The van der Waals surface area contributed by atoms with E-state index in [1.807, 2.05) is 18.3 Å². The van der Waals surface area contributed by atoms with Gasteiger partial charge in [0, 0.05) is 12.4 Å². The highest BCUT2D eigenvalue weighted by Crippen LogP contribution is 2.32. The third kappa shape index (κ3) is 3.68. The summed E-state index contributed by atoms with van der Waals surface area (Å²) in [5, 5.41) is 4.15. The smallest absolute Gasteiger partial charge is 0.187 e. The minimum atomic E-state index is 0. The molecule has 3 nitrogen and oxygen atoms in total. The van der Waals surface area contributed by atoms with Gasteiger partial charge in [-0.25, -0.2) is 4.98 Å². The molecule has 1 aromatic carbocycles. The summed E-state index contributed by atoms with van der Waals surface area (Å²) in [4.78, 5) is 9.69. The maximum Gasteiger partial charge on any atom is 0.187 e. The Labute approximate surface area is 138 Å². The molecule has 0 aliphatic rings. The van der Waals surface area contributed by atoms with Crippen molar-refractivity contribution in [2.45, 2.75) is 13.8 Å². The van der Waals surface area contributed by atoms with Gasteiger partial charge in [0.05, 0.1) is 16.8 Å². The van der Waals surface area contributed by atoms with Crippen molar-refractivity contribution in [2.75, 3.05) is 5.32 Å². The van der Waals surface area contributed by atoms with Crippen LogP contribution in [0, 0.1) is 13.8 Å². The molecule has 0 radical (unpaired) electrons. The highest BCUT2D eigenvalue weighted by molar-refractivity contribution is 8.93. The maximum atomic E-state index is 4.43. The molecule has 0 saturated carbocycles. The highest BCUT2D eigenvalue weighted by Gasteiger charge is 2.07. The van der Waals surface area contributed by atoms with Crippen molar-refractivity contribution in [3.8, 4) is 10.4 Å². The average molecular weight is 362 g/mol.